The largest absolute Gasteiger partial charge is 0.310 e. The third kappa shape index (κ3) is 2.20. The Morgan fingerprint density at radius 2 is 1.88 bits per heavy atom. The van der Waals surface area contributed by atoms with E-state index in [1.54, 1.807) is 0 Å². The predicted molar refractivity (Wildman–Crippen MR) is 73.1 cm³/mol. The summed E-state index contributed by atoms with van der Waals surface area (Å²) < 4.78 is 0. The molecule has 1 aliphatic rings. The van der Waals surface area contributed by atoms with Crippen LogP contribution in [0.3, 0.4) is 0 Å². The zero-order valence-corrected chi connectivity index (χ0v) is 10.3. The van der Waals surface area contributed by atoms with Crippen LogP contribution in [0.15, 0.2) is 42.5 Å². The molecule has 88 valence electrons. The Hall–Kier alpha value is -1.34. The van der Waals surface area contributed by atoms with Crippen LogP contribution in [0, 0.1) is 5.92 Å². The molecule has 0 heterocycles. The van der Waals surface area contributed by atoms with E-state index in [9.17, 15) is 0 Å². The first-order chi connectivity index (χ1) is 8.38. The predicted octanol–water partition coefficient (Wildman–Crippen LogP) is 3.90. The summed E-state index contributed by atoms with van der Waals surface area (Å²) in [6, 6.07) is 16.0. The van der Waals surface area contributed by atoms with Crippen molar-refractivity contribution in [2.24, 2.45) is 5.92 Å². The molecule has 1 aliphatic carbocycles. The van der Waals surface area contributed by atoms with Gasteiger partial charge in [-0.2, -0.15) is 0 Å². The summed E-state index contributed by atoms with van der Waals surface area (Å²) in [6.45, 7) is 3.24. The molecule has 1 saturated carbocycles. The normalized spacial score (nSPS) is 17.2. The fraction of sp³-hybridized carbons (Fsp3) is 0.375. The topological polar surface area (TPSA) is 12.0 Å². The van der Waals surface area contributed by atoms with E-state index in [0.717, 1.165) is 12.5 Å². The van der Waals surface area contributed by atoms with E-state index in [-0.39, 0.29) is 0 Å². The minimum atomic E-state index is 0.560. The van der Waals surface area contributed by atoms with Crippen molar-refractivity contribution in [1.29, 1.82) is 0 Å². The number of nitrogens with one attached hydrogen (secondary N) is 1. The molecule has 1 fully saturated rings. The molecule has 1 nitrogen and oxygen atoms in total. The Morgan fingerprint density at radius 1 is 1.12 bits per heavy atom. The van der Waals surface area contributed by atoms with Gasteiger partial charge in [0.1, 0.15) is 0 Å². The van der Waals surface area contributed by atoms with Crippen molar-refractivity contribution in [3.8, 4) is 0 Å². The molecule has 1 atom stereocenters. The van der Waals surface area contributed by atoms with Gasteiger partial charge >= 0.3 is 0 Å². The van der Waals surface area contributed by atoms with Gasteiger partial charge in [-0.05, 0) is 47.7 Å². The van der Waals surface area contributed by atoms with Gasteiger partial charge < -0.3 is 5.32 Å². The van der Waals surface area contributed by atoms with Crippen molar-refractivity contribution in [3.63, 3.8) is 0 Å². The lowest BCUT2D eigenvalue weighted by Crippen LogP contribution is -2.22. The Morgan fingerprint density at radius 3 is 2.59 bits per heavy atom. The molecular formula is C16H19N. The molecule has 1 heteroatoms. The monoisotopic (exact) mass is 225 g/mol. The van der Waals surface area contributed by atoms with Gasteiger partial charge in [-0.25, -0.2) is 0 Å². The van der Waals surface area contributed by atoms with Crippen molar-refractivity contribution in [1.82, 2.24) is 5.32 Å². The molecule has 1 unspecified atom stereocenters. The van der Waals surface area contributed by atoms with Crippen LogP contribution in [0.25, 0.3) is 10.8 Å². The van der Waals surface area contributed by atoms with E-state index in [0.29, 0.717) is 6.04 Å². The maximum absolute atomic E-state index is 3.63. The standard InChI is InChI=1S/C16H19N/c1-2-17-16(13-8-9-13)15-10-7-12-5-3-4-6-14(12)11-15/h3-7,10-11,13,16-17H,2,8-9H2,1H3. The molecule has 0 radical (unpaired) electrons. The van der Waals surface area contributed by atoms with E-state index in [4.69, 9.17) is 0 Å². The van der Waals surface area contributed by atoms with E-state index in [2.05, 4.69) is 54.7 Å². The molecule has 17 heavy (non-hydrogen) atoms. The fourth-order valence-corrected chi connectivity index (χ4v) is 2.61. The molecule has 2 aromatic carbocycles. The van der Waals surface area contributed by atoms with Crippen molar-refractivity contribution in [2.75, 3.05) is 6.54 Å². The summed E-state index contributed by atoms with van der Waals surface area (Å²) in [7, 11) is 0. The van der Waals surface area contributed by atoms with Crippen LogP contribution in [0.4, 0.5) is 0 Å². The Balaban J connectivity index is 1.97. The van der Waals surface area contributed by atoms with Gasteiger partial charge in [-0.3, -0.25) is 0 Å². The summed E-state index contributed by atoms with van der Waals surface area (Å²) >= 11 is 0. The molecule has 0 spiro atoms. The van der Waals surface area contributed by atoms with Gasteiger partial charge in [0, 0.05) is 6.04 Å². The van der Waals surface area contributed by atoms with Crippen LogP contribution in [0.2, 0.25) is 0 Å². The average Bonchev–Trinajstić information content (AvgIpc) is 3.20. The fourth-order valence-electron chi connectivity index (χ4n) is 2.61. The lowest BCUT2D eigenvalue weighted by Gasteiger charge is -2.18. The zero-order valence-electron chi connectivity index (χ0n) is 10.3. The minimum Gasteiger partial charge on any atom is -0.310 e. The Kier molecular flexibility index (Phi) is 2.86. The number of hydrogen-bond acceptors (Lipinski definition) is 1. The quantitative estimate of drug-likeness (QED) is 0.832. The van der Waals surface area contributed by atoms with E-state index in [1.165, 1.54) is 29.2 Å². The lowest BCUT2D eigenvalue weighted by atomic mass is 9.99. The van der Waals surface area contributed by atoms with Crippen molar-refractivity contribution in [2.45, 2.75) is 25.8 Å². The third-order valence-electron chi connectivity index (χ3n) is 3.65. The smallest absolute Gasteiger partial charge is 0.0348 e. The Labute approximate surface area is 103 Å². The average molecular weight is 225 g/mol. The van der Waals surface area contributed by atoms with Crippen molar-refractivity contribution >= 4 is 10.8 Å². The molecule has 0 bridgehead atoms. The van der Waals surface area contributed by atoms with Crippen LogP contribution in [-0.2, 0) is 0 Å². The highest BCUT2D eigenvalue weighted by molar-refractivity contribution is 5.83. The van der Waals surface area contributed by atoms with Crippen LogP contribution in [-0.4, -0.2) is 6.54 Å². The molecule has 0 aliphatic heterocycles. The summed E-state index contributed by atoms with van der Waals surface area (Å²) in [5, 5.41) is 6.32. The van der Waals surface area contributed by atoms with E-state index < -0.39 is 0 Å². The third-order valence-corrected chi connectivity index (χ3v) is 3.65. The molecule has 3 rings (SSSR count). The number of rotatable bonds is 4. The van der Waals surface area contributed by atoms with Crippen LogP contribution < -0.4 is 5.32 Å². The van der Waals surface area contributed by atoms with Gasteiger partial charge in [-0.15, -0.1) is 0 Å². The van der Waals surface area contributed by atoms with Crippen LogP contribution >= 0.6 is 0 Å². The molecule has 1 N–H and O–H groups in total. The zero-order chi connectivity index (χ0) is 11.7. The Bertz CT molecular complexity index is 514. The second kappa shape index (κ2) is 4.50. The van der Waals surface area contributed by atoms with Crippen molar-refractivity contribution < 1.29 is 0 Å². The maximum atomic E-state index is 3.63. The summed E-state index contributed by atoms with van der Waals surface area (Å²) in [5.74, 6) is 0.858. The summed E-state index contributed by atoms with van der Waals surface area (Å²) in [4.78, 5) is 0. The number of fused-ring (bicyclic) bond motifs is 1. The maximum Gasteiger partial charge on any atom is 0.0348 e. The first-order valence-electron chi connectivity index (χ1n) is 6.60. The first kappa shape index (κ1) is 10.8. The SMILES string of the molecule is CCNC(c1ccc2ccccc2c1)C1CC1. The highest BCUT2D eigenvalue weighted by Crippen LogP contribution is 2.41. The number of benzene rings is 2. The molecule has 2 aromatic rings. The summed E-state index contributed by atoms with van der Waals surface area (Å²) in [5.41, 5.74) is 1.45. The molecule has 0 amide bonds. The van der Waals surface area contributed by atoms with Gasteiger partial charge in [0.25, 0.3) is 0 Å². The molecular weight excluding hydrogens is 206 g/mol. The van der Waals surface area contributed by atoms with E-state index >= 15 is 0 Å². The highest BCUT2D eigenvalue weighted by atomic mass is 14.9. The van der Waals surface area contributed by atoms with Crippen molar-refractivity contribution in [3.05, 3.63) is 48.0 Å². The van der Waals surface area contributed by atoms with Gasteiger partial charge in [0.2, 0.25) is 0 Å². The van der Waals surface area contributed by atoms with Gasteiger partial charge in [-0.1, -0.05) is 43.3 Å². The van der Waals surface area contributed by atoms with Crippen LogP contribution in [0.5, 0.6) is 0 Å². The molecule has 0 aromatic heterocycles. The van der Waals surface area contributed by atoms with Gasteiger partial charge in [0.05, 0.1) is 0 Å². The first-order valence-corrected chi connectivity index (χ1v) is 6.60. The van der Waals surface area contributed by atoms with Crippen LogP contribution in [0.1, 0.15) is 31.4 Å². The van der Waals surface area contributed by atoms with Gasteiger partial charge in [0.15, 0.2) is 0 Å². The minimum absolute atomic E-state index is 0.560. The summed E-state index contributed by atoms with van der Waals surface area (Å²) in [6.07, 6.45) is 2.76. The lowest BCUT2D eigenvalue weighted by molar-refractivity contribution is 0.496. The second-order valence-electron chi connectivity index (χ2n) is 4.98. The number of hydrogen-bond donors (Lipinski definition) is 1. The highest BCUT2D eigenvalue weighted by Gasteiger charge is 2.31. The second-order valence-corrected chi connectivity index (χ2v) is 4.98. The van der Waals surface area contributed by atoms with E-state index in [1.807, 2.05) is 0 Å². The molecule has 0 saturated heterocycles.